The van der Waals surface area contributed by atoms with Crippen molar-refractivity contribution in [1.29, 1.82) is 0 Å². The molecule has 1 nitrogen and oxygen atoms in total. The number of hydrogen-bond acceptors (Lipinski definition) is 1. The van der Waals surface area contributed by atoms with Gasteiger partial charge in [0.15, 0.2) is 0 Å². The molecule has 0 aromatic carbocycles. The number of hydrogen-bond donors (Lipinski definition) is 1. The molecule has 1 aliphatic rings. The first-order valence-corrected chi connectivity index (χ1v) is 5.24. The van der Waals surface area contributed by atoms with Crippen LogP contribution in [-0.4, -0.2) is 6.54 Å². The Labute approximate surface area is 76.0 Å². The van der Waals surface area contributed by atoms with Crippen LogP contribution in [-0.2, 0) is 0 Å². The van der Waals surface area contributed by atoms with Crippen molar-refractivity contribution in [3.8, 4) is 0 Å². The van der Waals surface area contributed by atoms with Crippen molar-refractivity contribution in [2.45, 2.75) is 45.4 Å². The van der Waals surface area contributed by atoms with Crippen LogP contribution >= 0.6 is 0 Å². The lowest BCUT2D eigenvalue weighted by Gasteiger charge is -2.22. The van der Waals surface area contributed by atoms with Gasteiger partial charge >= 0.3 is 0 Å². The minimum absolute atomic E-state index is 0.806. The Hall–Kier alpha value is -0.300. The highest BCUT2D eigenvalue weighted by atomic mass is 14.5. The maximum absolute atomic E-state index is 5.47. The molecule has 0 bridgehead atoms. The van der Waals surface area contributed by atoms with Gasteiger partial charge in [0, 0.05) is 0 Å². The van der Waals surface area contributed by atoms with Crippen LogP contribution in [0.3, 0.4) is 0 Å². The molecule has 1 heteroatoms. The molecule has 0 amide bonds. The van der Waals surface area contributed by atoms with Crippen LogP contribution < -0.4 is 5.73 Å². The van der Waals surface area contributed by atoms with E-state index in [9.17, 15) is 0 Å². The Kier molecular flexibility index (Phi) is 4.37. The van der Waals surface area contributed by atoms with E-state index in [0.29, 0.717) is 0 Å². The highest BCUT2D eigenvalue weighted by Gasteiger charge is 2.14. The van der Waals surface area contributed by atoms with Gasteiger partial charge in [0.25, 0.3) is 0 Å². The fourth-order valence-corrected chi connectivity index (χ4v) is 2.01. The predicted molar refractivity (Wildman–Crippen MR) is 54.0 cm³/mol. The molecule has 0 aliphatic heterocycles. The van der Waals surface area contributed by atoms with Gasteiger partial charge in [-0.1, -0.05) is 25.0 Å². The average molecular weight is 167 g/mol. The summed E-state index contributed by atoms with van der Waals surface area (Å²) in [5.41, 5.74) is 7.13. The smallest absolute Gasteiger partial charge is 0.00425 e. The van der Waals surface area contributed by atoms with E-state index in [0.717, 1.165) is 18.9 Å². The third-order valence-corrected chi connectivity index (χ3v) is 2.84. The number of rotatable bonds is 3. The Morgan fingerprint density at radius 2 is 2.42 bits per heavy atom. The van der Waals surface area contributed by atoms with E-state index in [1.54, 1.807) is 5.57 Å². The summed E-state index contributed by atoms with van der Waals surface area (Å²) in [6, 6.07) is 0. The van der Waals surface area contributed by atoms with Crippen LogP contribution in [0.4, 0.5) is 0 Å². The largest absolute Gasteiger partial charge is 0.330 e. The third kappa shape index (κ3) is 2.98. The van der Waals surface area contributed by atoms with Gasteiger partial charge in [-0.2, -0.15) is 0 Å². The zero-order chi connectivity index (χ0) is 8.81. The molecule has 0 saturated heterocycles. The molecular formula is C11H21N. The van der Waals surface area contributed by atoms with Crippen molar-refractivity contribution in [1.82, 2.24) is 0 Å². The highest BCUT2D eigenvalue weighted by molar-refractivity contribution is 5.05. The molecule has 0 aromatic heterocycles. The summed E-state index contributed by atoms with van der Waals surface area (Å²) in [6.45, 7) is 3.11. The molecule has 0 spiro atoms. The summed E-state index contributed by atoms with van der Waals surface area (Å²) in [6.07, 6.45) is 10.3. The van der Waals surface area contributed by atoms with Crippen molar-refractivity contribution in [2.24, 2.45) is 11.7 Å². The SMILES string of the molecule is CCC1CCCC(=CCCN)C1. The lowest BCUT2D eigenvalue weighted by atomic mass is 9.84. The standard InChI is InChI=1S/C11H21N/c1-2-10-5-3-6-11(9-10)7-4-8-12/h7,10H,2-6,8-9,12H2,1H3. The van der Waals surface area contributed by atoms with E-state index < -0.39 is 0 Å². The van der Waals surface area contributed by atoms with Crippen LogP contribution in [0, 0.1) is 5.92 Å². The van der Waals surface area contributed by atoms with E-state index >= 15 is 0 Å². The lowest BCUT2D eigenvalue weighted by molar-refractivity contribution is 0.406. The molecule has 1 aliphatic carbocycles. The molecule has 12 heavy (non-hydrogen) atoms. The summed E-state index contributed by atoms with van der Waals surface area (Å²) in [5.74, 6) is 0.961. The topological polar surface area (TPSA) is 26.0 Å². The molecule has 1 atom stereocenters. The second-order valence-corrected chi connectivity index (χ2v) is 3.81. The summed E-state index contributed by atoms with van der Waals surface area (Å²) < 4.78 is 0. The molecule has 1 fully saturated rings. The molecule has 70 valence electrons. The van der Waals surface area contributed by atoms with Gasteiger partial charge in [-0.05, 0) is 44.6 Å². The van der Waals surface area contributed by atoms with Gasteiger partial charge in [0.2, 0.25) is 0 Å². The van der Waals surface area contributed by atoms with E-state index in [-0.39, 0.29) is 0 Å². The van der Waals surface area contributed by atoms with E-state index in [1.165, 1.54) is 32.1 Å². The molecule has 0 radical (unpaired) electrons. The van der Waals surface area contributed by atoms with Gasteiger partial charge < -0.3 is 5.73 Å². The molecular weight excluding hydrogens is 146 g/mol. The molecule has 0 aromatic rings. The second kappa shape index (κ2) is 5.36. The summed E-state index contributed by atoms with van der Waals surface area (Å²) in [7, 11) is 0. The zero-order valence-electron chi connectivity index (χ0n) is 8.18. The van der Waals surface area contributed by atoms with Gasteiger partial charge in [-0.3, -0.25) is 0 Å². The van der Waals surface area contributed by atoms with Crippen LogP contribution in [0.15, 0.2) is 11.6 Å². The lowest BCUT2D eigenvalue weighted by Crippen LogP contribution is -2.07. The molecule has 1 saturated carbocycles. The fraction of sp³-hybridized carbons (Fsp3) is 0.818. The van der Waals surface area contributed by atoms with E-state index in [2.05, 4.69) is 13.0 Å². The normalized spacial score (nSPS) is 27.8. The van der Waals surface area contributed by atoms with E-state index in [4.69, 9.17) is 5.73 Å². The number of allylic oxidation sites excluding steroid dienone is 1. The molecule has 1 unspecified atom stereocenters. The zero-order valence-corrected chi connectivity index (χ0v) is 8.18. The maximum Gasteiger partial charge on any atom is -0.00425 e. The van der Waals surface area contributed by atoms with Crippen LogP contribution in [0.2, 0.25) is 0 Å². The fourth-order valence-electron chi connectivity index (χ4n) is 2.01. The van der Waals surface area contributed by atoms with Gasteiger partial charge in [0.05, 0.1) is 0 Å². The Bertz CT molecular complexity index is 149. The minimum atomic E-state index is 0.806. The monoisotopic (exact) mass is 167 g/mol. The first kappa shape index (κ1) is 9.79. The molecule has 1 rings (SSSR count). The molecule has 2 N–H and O–H groups in total. The van der Waals surface area contributed by atoms with Crippen molar-refractivity contribution in [2.75, 3.05) is 6.54 Å². The van der Waals surface area contributed by atoms with Crippen molar-refractivity contribution in [3.63, 3.8) is 0 Å². The Balaban J connectivity index is 2.34. The van der Waals surface area contributed by atoms with Crippen LogP contribution in [0.25, 0.3) is 0 Å². The van der Waals surface area contributed by atoms with Crippen molar-refractivity contribution < 1.29 is 0 Å². The summed E-state index contributed by atoms with van der Waals surface area (Å²) in [5, 5.41) is 0. The van der Waals surface area contributed by atoms with E-state index in [1.807, 2.05) is 0 Å². The average Bonchev–Trinajstić information content (AvgIpc) is 2.15. The van der Waals surface area contributed by atoms with Gasteiger partial charge in [-0.15, -0.1) is 0 Å². The quantitative estimate of drug-likeness (QED) is 0.643. The second-order valence-electron chi connectivity index (χ2n) is 3.81. The van der Waals surface area contributed by atoms with Gasteiger partial charge in [-0.25, -0.2) is 0 Å². The first-order chi connectivity index (χ1) is 5.86. The Morgan fingerprint density at radius 3 is 3.08 bits per heavy atom. The van der Waals surface area contributed by atoms with Crippen LogP contribution in [0.5, 0.6) is 0 Å². The van der Waals surface area contributed by atoms with Crippen LogP contribution in [0.1, 0.15) is 45.4 Å². The first-order valence-electron chi connectivity index (χ1n) is 5.24. The highest BCUT2D eigenvalue weighted by Crippen LogP contribution is 2.30. The summed E-state index contributed by atoms with van der Waals surface area (Å²) in [4.78, 5) is 0. The third-order valence-electron chi connectivity index (χ3n) is 2.84. The minimum Gasteiger partial charge on any atom is -0.330 e. The maximum atomic E-state index is 5.47. The Morgan fingerprint density at radius 1 is 1.58 bits per heavy atom. The number of nitrogens with two attached hydrogens (primary N) is 1. The van der Waals surface area contributed by atoms with Crippen molar-refractivity contribution >= 4 is 0 Å². The van der Waals surface area contributed by atoms with Gasteiger partial charge in [0.1, 0.15) is 0 Å². The van der Waals surface area contributed by atoms with Crippen molar-refractivity contribution in [3.05, 3.63) is 11.6 Å². The molecule has 0 heterocycles. The summed E-state index contributed by atoms with van der Waals surface area (Å²) >= 11 is 0. The predicted octanol–water partition coefficient (Wildman–Crippen LogP) is 2.86.